The summed E-state index contributed by atoms with van der Waals surface area (Å²) < 4.78 is 70.3. The molecule has 3 heterocycles. The lowest BCUT2D eigenvalue weighted by atomic mass is 9.88. The molecule has 1 aromatic carbocycles. The molecule has 5 rings (SSSR count). The highest BCUT2D eigenvalue weighted by Crippen LogP contribution is 2.36. The number of benzene rings is 1. The van der Waals surface area contributed by atoms with Crippen LogP contribution in [0.5, 0.6) is 5.75 Å². The molecule has 43 heavy (non-hydrogen) atoms. The molecule has 238 valence electrons. The SMILES string of the molecule is COc1cc(C)c(S(=O)(=O)N2CCn3cccc3C2COCC(=O)N(C)C2CCCC(N3CCC(F)(F)CC3)C2)c(C)c1. The molecule has 3 aliphatic rings. The minimum absolute atomic E-state index is 0.0158. The number of carbonyl (C=O) groups is 1. The summed E-state index contributed by atoms with van der Waals surface area (Å²) in [4.78, 5) is 17.4. The maximum absolute atomic E-state index is 14.1. The van der Waals surface area contributed by atoms with Crippen LogP contribution in [0.3, 0.4) is 0 Å². The lowest BCUT2D eigenvalue weighted by molar-refractivity contribution is -0.138. The first kappa shape index (κ1) is 31.9. The van der Waals surface area contributed by atoms with Gasteiger partial charge in [-0.15, -0.1) is 0 Å². The number of rotatable bonds is 9. The van der Waals surface area contributed by atoms with Gasteiger partial charge in [-0.25, -0.2) is 17.2 Å². The molecule has 0 N–H and O–H groups in total. The second-order valence-electron chi connectivity index (χ2n) is 12.2. The Morgan fingerprint density at radius 3 is 2.47 bits per heavy atom. The molecule has 2 fully saturated rings. The van der Waals surface area contributed by atoms with Crippen molar-refractivity contribution in [2.24, 2.45) is 0 Å². The van der Waals surface area contributed by atoms with Crippen LogP contribution >= 0.6 is 0 Å². The fraction of sp³-hybridized carbons (Fsp3) is 0.645. The predicted octanol–water partition coefficient (Wildman–Crippen LogP) is 4.38. The largest absolute Gasteiger partial charge is 0.497 e. The van der Waals surface area contributed by atoms with Crippen molar-refractivity contribution in [3.8, 4) is 5.75 Å². The molecule has 1 saturated heterocycles. The molecule has 12 heteroatoms. The fourth-order valence-electron chi connectivity index (χ4n) is 7.05. The van der Waals surface area contributed by atoms with Crippen molar-refractivity contribution in [3.63, 3.8) is 0 Å². The Morgan fingerprint density at radius 1 is 1.09 bits per heavy atom. The van der Waals surface area contributed by atoms with E-state index in [4.69, 9.17) is 9.47 Å². The van der Waals surface area contributed by atoms with Crippen LogP contribution in [0.25, 0.3) is 0 Å². The summed E-state index contributed by atoms with van der Waals surface area (Å²) in [5.41, 5.74) is 2.04. The van der Waals surface area contributed by atoms with Crippen molar-refractivity contribution in [3.05, 3.63) is 47.3 Å². The number of amides is 1. The lowest BCUT2D eigenvalue weighted by Crippen LogP contribution is -2.50. The van der Waals surface area contributed by atoms with E-state index in [1.807, 2.05) is 22.9 Å². The predicted molar refractivity (Wildman–Crippen MR) is 159 cm³/mol. The second kappa shape index (κ2) is 12.8. The summed E-state index contributed by atoms with van der Waals surface area (Å²) >= 11 is 0. The summed E-state index contributed by atoms with van der Waals surface area (Å²) in [7, 11) is -0.557. The van der Waals surface area contributed by atoms with Crippen molar-refractivity contribution in [1.29, 1.82) is 0 Å². The third kappa shape index (κ3) is 6.77. The number of methoxy groups -OCH3 is 1. The van der Waals surface area contributed by atoms with Crippen LogP contribution < -0.4 is 4.74 Å². The molecule has 2 aromatic rings. The molecule has 1 saturated carbocycles. The first-order valence-electron chi connectivity index (χ1n) is 15.2. The van der Waals surface area contributed by atoms with Gasteiger partial charge in [0.05, 0.1) is 24.7 Å². The van der Waals surface area contributed by atoms with Gasteiger partial charge in [0.25, 0.3) is 5.92 Å². The van der Waals surface area contributed by atoms with Gasteiger partial charge in [0.15, 0.2) is 0 Å². The minimum Gasteiger partial charge on any atom is -0.497 e. The number of nitrogens with zero attached hydrogens (tertiary/aromatic N) is 4. The number of carbonyl (C=O) groups excluding carboxylic acids is 1. The first-order valence-corrected chi connectivity index (χ1v) is 16.6. The molecule has 2 aliphatic heterocycles. The highest BCUT2D eigenvalue weighted by Gasteiger charge is 2.40. The molecular formula is C31H44F2N4O5S. The smallest absolute Gasteiger partial charge is 0.250 e. The maximum atomic E-state index is 14.1. The van der Waals surface area contributed by atoms with E-state index in [2.05, 4.69) is 4.90 Å². The molecule has 3 unspecified atom stereocenters. The van der Waals surface area contributed by atoms with Crippen LogP contribution in [0.4, 0.5) is 8.78 Å². The zero-order valence-electron chi connectivity index (χ0n) is 25.6. The molecule has 0 bridgehead atoms. The zero-order valence-corrected chi connectivity index (χ0v) is 26.4. The summed E-state index contributed by atoms with van der Waals surface area (Å²) in [6, 6.07) is 6.86. The number of halogens is 2. The number of alkyl halides is 2. The van der Waals surface area contributed by atoms with E-state index in [0.717, 1.165) is 31.4 Å². The Balaban J connectivity index is 1.24. The molecule has 0 radical (unpaired) electrons. The van der Waals surface area contributed by atoms with E-state index >= 15 is 0 Å². The lowest BCUT2D eigenvalue weighted by Gasteiger charge is -2.43. The quantitative estimate of drug-likeness (QED) is 0.413. The van der Waals surface area contributed by atoms with Gasteiger partial charge in [-0.1, -0.05) is 0 Å². The van der Waals surface area contributed by atoms with Crippen molar-refractivity contribution in [1.82, 2.24) is 18.7 Å². The van der Waals surface area contributed by atoms with Crippen molar-refractivity contribution in [2.75, 3.05) is 47.0 Å². The molecule has 1 aromatic heterocycles. The number of aryl methyl sites for hydroxylation is 2. The van der Waals surface area contributed by atoms with Crippen LogP contribution in [0.1, 0.15) is 61.4 Å². The summed E-state index contributed by atoms with van der Waals surface area (Å²) in [6.07, 6.45) is 5.24. The number of aromatic nitrogens is 1. The average molecular weight is 623 g/mol. The van der Waals surface area contributed by atoms with Crippen molar-refractivity contribution in [2.45, 2.75) is 87.9 Å². The Kier molecular flexibility index (Phi) is 9.51. The Morgan fingerprint density at radius 2 is 1.79 bits per heavy atom. The van der Waals surface area contributed by atoms with Crippen LogP contribution in [0.15, 0.2) is 35.4 Å². The van der Waals surface area contributed by atoms with Gasteiger partial charge in [0.2, 0.25) is 15.9 Å². The Labute approximate surface area is 253 Å². The highest BCUT2D eigenvalue weighted by atomic mass is 32.2. The van der Waals surface area contributed by atoms with Crippen molar-refractivity contribution < 1.29 is 31.5 Å². The second-order valence-corrected chi connectivity index (χ2v) is 14.1. The van der Waals surface area contributed by atoms with Crippen LogP contribution in [0.2, 0.25) is 0 Å². The van der Waals surface area contributed by atoms with Crippen LogP contribution in [0, 0.1) is 13.8 Å². The van der Waals surface area contributed by atoms with Crippen LogP contribution in [-0.2, 0) is 26.1 Å². The van der Waals surface area contributed by atoms with Gasteiger partial charge in [-0.3, -0.25) is 9.69 Å². The summed E-state index contributed by atoms with van der Waals surface area (Å²) in [5, 5.41) is 0. The molecular weight excluding hydrogens is 578 g/mol. The fourth-order valence-corrected chi connectivity index (χ4v) is 9.05. The van der Waals surface area contributed by atoms with Gasteiger partial charge in [0.1, 0.15) is 12.4 Å². The number of ether oxygens (including phenoxy) is 2. The Hall–Kier alpha value is -2.54. The van der Waals surface area contributed by atoms with Crippen molar-refractivity contribution >= 4 is 15.9 Å². The summed E-state index contributed by atoms with van der Waals surface area (Å²) in [6.45, 7) is 4.99. The first-order chi connectivity index (χ1) is 20.4. The molecule has 0 spiro atoms. The third-order valence-corrected chi connectivity index (χ3v) is 11.7. The van der Waals surface area contributed by atoms with E-state index in [0.29, 0.717) is 36.5 Å². The van der Waals surface area contributed by atoms with Gasteiger partial charge >= 0.3 is 0 Å². The monoisotopic (exact) mass is 622 g/mol. The average Bonchev–Trinajstić information content (AvgIpc) is 3.45. The van der Waals surface area contributed by atoms with E-state index in [1.54, 1.807) is 45.0 Å². The zero-order chi connectivity index (χ0) is 30.9. The number of hydrogen-bond donors (Lipinski definition) is 0. The molecule has 9 nitrogen and oxygen atoms in total. The number of likely N-dealkylation sites (tertiary alicyclic amines) is 1. The molecule has 3 atom stereocenters. The van der Waals surface area contributed by atoms with Gasteiger partial charge in [-0.05, 0) is 74.9 Å². The Bertz CT molecular complexity index is 1380. The minimum atomic E-state index is -3.89. The third-order valence-electron chi connectivity index (χ3n) is 9.46. The topological polar surface area (TPSA) is 84.3 Å². The van der Waals surface area contributed by atoms with E-state index in [9.17, 15) is 22.0 Å². The normalized spacial score (nSPS) is 24.8. The van der Waals surface area contributed by atoms with E-state index in [-0.39, 0.29) is 55.5 Å². The summed E-state index contributed by atoms with van der Waals surface area (Å²) in [5.74, 6) is -2.14. The van der Waals surface area contributed by atoms with Gasteiger partial charge in [0, 0.05) is 70.0 Å². The number of fused-ring (bicyclic) bond motifs is 1. The molecule has 1 amide bonds. The van der Waals surface area contributed by atoms with Crippen LogP contribution in [-0.4, -0.2) is 98.0 Å². The van der Waals surface area contributed by atoms with Gasteiger partial charge in [-0.2, -0.15) is 4.31 Å². The number of piperidine rings is 1. The number of likely N-dealkylation sites (N-methyl/N-ethyl adjacent to an activating group) is 1. The highest BCUT2D eigenvalue weighted by molar-refractivity contribution is 7.89. The van der Waals surface area contributed by atoms with Gasteiger partial charge < -0.3 is 18.9 Å². The van der Waals surface area contributed by atoms with E-state index in [1.165, 1.54) is 4.31 Å². The van der Waals surface area contributed by atoms with E-state index < -0.39 is 22.0 Å². The number of sulfonamides is 1. The standard InChI is InChI=1S/C31H44F2N4O5S/c1-22-17-26(41-4)18-23(2)30(22)43(39,40)37-16-15-36-12-6-9-27(36)28(37)20-42-21-29(38)34(3)24-7-5-8-25(19-24)35-13-10-31(32,33)11-14-35/h6,9,12,17-18,24-25,28H,5,7-8,10-11,13-16,19-21H2,1-4H3. The molecule has 1 aliphatic carbocycles. The number of hydrogen-bond acceptors (Lipinski definition) is 6. The maximum Gasteiger partial charge on any atom is 0.250 e.